The number of ether oxygens (including phenoxy) is 4. The van der Waals surface area contributed by atoms with E-state index in [2.05, 4.69) is 39.9 Å². The summed E-state index contributed by atoms with van der Waals surface area (Å²) in [6, 6.07) is 2.28. The number of imidazole rings is 2. The lowest BCUT2D eigenvalue weighted by molar-refractivity contribution is -0.0646. The third-order valence-corrected chi connectivity index (χ3v) is 16.0. The summed E-state index contributed by atoms with van der Waals surface area (Å²) in [6.45, 7) is -4.42. The molecule has 18 N–H and O–H groups in total. The Kier molecular flexibility index (Phi) is 16.4. The van der Waals surface area contributed by atoms with Gasteiger partial charge in [0.15, 0.2) is 47.5 Å². The molecule has 0 aromatic carbocycles. The fourth-order valence-electron chi connectivity index (χ4n) is 9.23. The van der Waals surface area contributed by atoms with Crippen LogP contribution in [-0.4, -0.2) is 203 Å². The zero-order valence-corrected chi connectivity index (χ0v) is 43.9. The number of hydrogen-bond acceptors (Lipinski definition) is 33. The molecule has 10 heterocycles. The van der Waals surface area contributed by atoms with Gasteiger partial charge in [-0.05, 0) is 12.1 Å². The fraction of sp³-hybridized carbons (Fsp3) is 0.526. The summed E-state index contributed by atoms with van der Waals surface area (Å²) >= 11 is 0. The number of nitrogens with one attached hydrogen (secondary N) is 1. The molecule has 0 radical (unpaired) electrons. The van der Waals surface area contributed by atoms with E-state index in [4.69, 9.17) is 69.0 Å². The van der Waals surface area contributed by atoms with Gasteiger partial charge in [-0.2, -0.15) is 15.0 Å². The van der Waals surface area contributed by atoms with Gasteiger partial charge in [0.05, 0.1) is 39.1 Å². The quantitative estimate of drug-likeness (QED) is 0.0316. The number of nitrogens with two attached hydrogens (primary N) is 4. The van der Waals surface area contributed by atoms with Gasteiger partial charge in [0.2, 0.25) is 5.95 Å². The predicted octanol–water partition coefficient (Wildman–Crippen LogP) is -6.30. The molecule has 10 rings (SSSR count). The number of anilines is 4. The number of phosphoric acid groups is 3. The highest BCUT2D eigenvalue weighted by atomic mass is 31.2. The molecule has 6 aromatic heterocycles. The SMILES string of the molecule is Nc1ccn([C@@H]2O[C@H](CO)[C@@H](OP(=O)(O)OC[C@H]3O[C@@H](n4cnc5c(=O)[nH]c(N)nc54)[C@H](O)[C@@H]3OP(=O)(O)OC[C@H]3O[C@@H](n4ccc(N)nc4=O)[C@H](O)[C@@H]3OP(=O)(O)OC[C@H]3O[C@@H](n4cnc5c(N)ncnc54)[C@H](O)[C@@H]3O)[C@H]2O)c(=O)n1. The highest BCUT2D eigenvalue weighted by Crippen LogP contribution is 2.54. The Labute approximate surface area is 453 Å². The number of nitrogens with zero attached hydrogens (tertiary/aromatic N) is 11. The summed E-state index contributed by atoms with van der Waals surface area (Å²) in [5.74, 6) is -0.926. The van der Waals surface area contributed by atoms with Crippen molar-refractivity contribution in [3.63, 3.8) is 0 Å². The Balaban J connectivity index is 0.860. The molecule has 19 atom stereocenters. The molecule has 0 bridgehead atoms. The highest BCUT2D eigenvalue weighted by molar-refractivity contribution is 7.48. The molecule has 3 unspecified atom stereocenters. The molecule has 4 saturated heterocycles. The van der Waals surface area contributed by atoms with Crippen molar-refractivity contribution >= 4 is 69.2 Å². The second kappa shape index (κ2) is 22.8. The van der Waals surface area contributed by atoms with Crippen LogP contribution in [0, 0.1) is 0 Å². The number of fused-ring (bicyclic) bond motifs is 2. The van der Waals surface area contributed by atoms with Gasteiger partial charge in [0.25, 0.3) is 5.56 Å². The van der Waals surface area contributed by atoms with Crippen LogP contribution < -0.4 is 39.9 Å². The van der Waals surface area contributed by atoms with Crippen LogP contribution in [0.2, 0.25) is 0 Å². The Morgan fingerprint density at radius 2 is 0.963 bits per heavy atom. The number of hydrogen-bond donors (Lipinski definition) is 14. The third-order valence-electron chi connectivity index (χ3n) is 13.1. The summed E-state index contributed by atoms with van der Waals surface area (Å²) in [4.78, 5) is 101. The molecule has 4 aliphatic heterocycles. The molecule has 41 nitrogen and oxygen atoms in total. The minimum atomic E-state index is -5.74. The van der Waals surface area contributed by atoms with Gasteiger partial charge in [-0.1, -0.05) is 0 Å². The van der Waals surface area contributed by atoms with Crippen molar-refractivity contribution in [2.45, 2.75) is 98.2 Å². The number of aromatic amines is 1. The van der Waals surface area contributed by atoms with Crippen LogP contribution in [0.4, 0.5) is 23.4 Å². The zero-order chi connectivity index (χ0) is 58.9. The van der Waals surface area contributed by atoms with Crippen molar-refractivity contribution in [3.05, 3.63) is 74.8 Å². The molecule has 44 heteroatoms. The summed E-state index contributed by atoms with van der Waals surface area (Å²) in [6.07, 6.45) is -24.6. The van der Waals surface area contributed by atoms with E-state index < -0.39 is 171 Å². The largest absolute Gasteiger partial charge is 0.472 e. The van der Waals surface area contributed by atoms with E-state index >= 15 is 0 Å². The molecule has 6 aromatic rings. The van der Waals surface area contributed by atoms with E-state index in [1.54, 1.807) is 0 Å². The summed E-state index contributed by atoms with van der Waals surface area (Å²) in [5.41, 5.74) is 19.3. The standard InChI is InChI=1S/C38H49N16O25P3/c39-16-1-3-51(37(62)47-16)33-22(58)25(12(5-55)73-33)77-81(66,67)71-8-15-27(24(60)35(76-15)54-11-46-19-30(54)49-36(42)50-31(19)61)79-82(68,69)72-7-14-26(23(59)34(75-14)52-4-2-17(40)48-38(52)63)78-80(64,65)70-6-13-20(56)21(57)32(74-13)53-10-45-18-28(41)43-9-44-29(18)53/h1-4,9-15,20-27,32-35,55-60H,5-8H2,(H,64,65)(H,66,67)(H,68,69)(H2,39,47,62)(H2,40,48,63)(H2,41,43,44)(H3,42,49,50,61)/t12-,13-,14-,15-,20-,21-,22-,23-,24-,25-,26-,27-,32-,33-,34-,35-/m1/s1. The first-order chi connectivity index (χ1) is 38.7. The van der Waals surface area contributed by atoms with Crippen LogP contribution in [0.5, 0.6) is 0 Å². The smallest absolute Gasteiger partial charge is 0.394 e. The molecule has 0 spiro atoms. The third kappa shape index (κ3) is 11.7. The van der Waals surface area contributed by atoms with Crippen molar-refractivity contribution in [3.8, 4) is 0 Å². The molecule has 0 saturated carbocycles. The van der Waals surface area contributed by atoms with Crippen LogP contribution in [-0.2, 0) is 59.8 Å². The number of rotatable bonds is 20. The van der Waals surface area contributed by atoms with Gasteiger partial charge in [0, 0.05) is 12.4 Å². The molecule has 4 fully saturated rings. The Hall–Kier alpha value is -6.21. The Morgan fingerprint density at radius 1 is 0.537 bits per heavy atom. The van der Waals surface area contributed by atoms with Crippen molar-refractivity contribution in [2.24, 2.45) is 0 Å². The maximum Gasteiger partial charge on any atom is 0.472 e. The van der Waals surface area contributed by atoms with Gasteiger partial charge in [-0.15, -0.1) is 0 Å². The average molecular weight is 1220 g/mol. The molecule has 82 heavy (non-hydrogen) atoms. The van der Waals surface area contributed by atoms with Crippen molar-refractivity contribution in [2.75, 3.05) is 49.4 Å². The molecule has 4 aliphatic rings. The number of H-pyrrole nitrogens is 1. The Bertz CT molecular complexity index is 3690. The van der Waals surface area contributed by atoms with Gasteiger partial charge >= 0.3 is 34.8 Å². The van der Waals surface area contributed by atoms with E-state index in [-0.39, 0.29) is 39.8 Å². The molecular weight excluding hydrogens is 1170 g/mol. The molecule has 446 valence electrons. The summed E-state index contributed by atoms with van der Waals surface area (Å²) < 4.78 is 99.1. The number of phosphoric ester groups is 3. The minimum Gasteiger partial charge on any atom is -0.394 e. The lowest BCUT2D eigenvalue weighted by atomic mass is 10.1. The highest BCUT2D eigenvalue weighted by Gasteiger charge is 2.55. The van der Waals surface area contributed by atoms with Crippen molar-refractivity contribution in [1.82, 2.24) is 58.1 Å². The predicted molar refractivity (Wildman–Crippen MR) is 263 cm³/mol. The van der Waals surface area contributed by atoms with E-state index in [9.17, 15) is 73.4 Å². The van der Waals surface area contributed by atoms with Gasteiger partial charge in [-0.25, -0.2) is 43.2 Å². The molecule has 0 amide bonds. The number of aromatic nitrogens is 12. The van der Waals surface area contributed by atoms with E-state index in [0.717, 1.165) is 40.2 Å². The van der Waals surface area contributed by atoms with Crippen LogP contribution in [0.15, 0.2) is 57.9 Å². The lowest BCUT2D eigenvalue weighted by Gasteiger charge is -2.26. The van der Waals surface area contributed by atoms with Crippen LogP contribution in [0.25, 0.3) is 22.3 Å². The zero-order valence-electron chi connectivity index (χ0n) is 41.2. The first-order valence-corrected chi connectivity index (χ1v) is 28.2. The maximum absolute atomic E-state index is 14.0. The first kappa shape index (κ1) is 59.0. The number of nitrogen functional groups attached to an aromatic ring is 4. The topological polar surface area (TPSA) is 607 Å². The maximum atomic E-state index is 14.0. The molecular formula is C38H49N16O25P3. The van der Waals surface area contributed by atoms with Gasteiger partial charge < -0.3 is 87.2 Å². The molecule has 0 aliphatic carbocycles. The van der Waals surface area contributed by atoms with Gasteiger partial charge in [0.1, 0.15) is 96.7 Å². The van der Waals surface area contributed by atoms with Crippen LogP contribution in [0.1, 0.15) is 24.9 Å². The van der Waals surface area contributed by atoms with Crippen molar-refractivity contribution < 1.29 is 105 Å². The van der Waals surface area contributed by atoms with Crippen LogP contribution in [0.3, 0.4) is 0 Å². The normalized spacial score (nSPS) is 32.5. The summed E-state index contributed by atoms with van der Waals surface area (Å²) in [7, 11) is -16.8. The summed E-state index contributed by atoms with van der Waals surface area (Å²) in [5, 5.41) is 66.1. The first-order valence-electron chi connectivity index (χ1n) is 23.7. The van der Waals surface area contributed by atoms with Gasteiger partial charge in [-0.3, -0.25) is 55.2 Å². The Morgan fingerprint density at radius 3 is 1.46 bits per heavy atom. The monoisotopic (exact) mass is 1220 g/mol. The van der Waals surface area contributed by atoms with Crippen LogP contribution >= 0.6 is 23.5 Å². The van der Waals surface area contributed by atoms with E-state index in [0.29, 0.717) is 4.57 Å². The second-order valence-electron chi connectivity index (χ2n) is 18.3. The lowest BCUT2D eigenvalue weighted by Crippen LogP contribution is -2.39. The van der Waals surface area contributed by atoms with E-state index in [1.807, 2.05) is 0 Å². The minimum absolute atomic E-state index is 0.0180. The number of aliphatic hydroxyl groups is 6. The number of aliphatic hydroxyl groups excluding tert-OH is 6. The van der Waals surface area contributed by atoms with Crippen molar-refractivity contribution in [1.29, 1.82) is 0 Å². The fourth-order valence-corrected chi connectivity index (χ4v) is 12.1. The van der Waals surface area contributed by atoms with E-state index in [1.165, 1.54) is 17.0 Å². The average Bonchev–Trinajstić information content (AvgIpc) is 3.51. The second-order valence-corrected chi connectivity index (χ2v) is 22.6.